The Morgan fingerprint density at radius 1 is 1.43 bits per heavy atom. The normalized spacial score (nSPS) is 21.0. The molecule has 7 nitrogen and oxygen atoms in total. The molecule has 2 atom stereocenters. The molecule has 1 saturated heterocycles. The van der Waals surface area contributed by atoms with Crippen molar-refractivity contribution in [1.82, 2.24) is 10.2 Å². The van der Waals surface area contributed by atoms with Crippen LogP contribution in [0.2, 0.25) is 0 Å². The van der Waals surface area contributed by atoms with E-state index in [2.05, 4.69) is 11.9 Å². The van der Waals surface area contributed by atoms with Crippen LogP contribution in [0.4, 0.5) is 5.69 Å². The van der Waals surface area contributed by atoms with Crippen LogP contribution in [0, 0.1) is 10.1 Å². The fourth-order valence-corrected chi connectivity index (χ4v) is 2.78. The quantitative estimate of drug-likeness (QED) is 0.658. The van der Waals surface area contributed by atoms with Gasteiger partial charge in [0.05, 0.1) is 4.92 Å². The van der Waals surface area contributed by atoms with Crippen molar-refractivity contribution in [2.24, 2.45) is 0 Å². The first-order valence-corrected chi connectivity index (χ1v) is 7.36. The number of benzene rings is 1. The topological polar surface area (TPSA) is 92.5 Å². The minimum Gasteiger partial charge on any atom is -0.343 e. The average Bonchev–Trinajstić information content (AvgIpc) is 2.54. The molecule has 1 aliphatic rings. The van der Waals surface area contributed by atoms with Crippen molar-refractivity contribution in [3.8, 4) is 0 Å². The summed E-state index contributed by atoms with van der Waals surface area (Å²) in [4.78, 5) is 36.7. The number of nitrogens with one attached hydrogen (secondary N) is 1. The Morgan fingerprint density at radius 2 is 2.13 bits per heavy atom. The van der Waals surface area contributed by atoms with Crippen molar-refractivity contribution in [3.05, 3.63) is 46.0 Å². The largest absolute Gasteiger partial charge is 0.343 e. The third-order valence-electron chi connectivity index (χ3n) is 4.14. The highest BCUT2D eigenvalue weighted by molar-refractivity contribution is 5.97. The van der Waals surface area contributed by atoms with Crippen LogP contribution >= 0.6 is 0 Å². The number of nitro benzene ring substituents is 1. The Labute approximate surface area is 134 Å². The highest BCUT2D eigenvalue weighted by atomic mass is 16.6. The first-order valence-electron chi connectivity index (χ1n) is 7.36. The number of piperazine rings is 1. The van der Waals surface area contributed by atoms with Crippen molar-refractivity contribution in [2.45, 2.75) is 31.8 Å². The summed E-state index contributed by atoms with van der Waals surface area (Å²) in [5, 5.41) is 13.9. The highest BCUT2D eigenvalue weighted by Crippen LogP contribution is 2.26. The van der Waals surface area contributed by atoms with E-state index in [0.29, 0.717) is 17.5 Å². The molecule has 2 rings (SSSR count). The minimum atomic E-state index is -0.773. The number of nitro groups is 1. The first kappa shape index (κ1) is 16.7. The van der Waals surface area contributed by atoms with Crippen molar-refractivity contribution in [2.75, 3.05) is 7.05 Å². The molecule has 0 bridgehead atoms. The summed E-state index contributed by atoms with van der Waals surface area (Å²) in [6, 6.07) is 3.35. The van der Waals surface area contributed by atoms with E-state index in [4.69, 9.17) is 0 Å². The van der Waals surface area contributed by atoms with Crippen molar-refractivity contribution >= 4 is 23.6 Å². The molecule has 23 heavy (non-hydrogen) atoms. The second kappa shape index (κ2) is 6.60. The van der Waals surface area contributed by atoms with Crippen LogP contribution in [0.25, 0.3) is 6.08 Å². The molecular weight excluding hydrogens is 298 g/mol. The Bertz CT molecular complexity index is 671. The number of amides is 2. The van der Waals surface area contributed by atoms with Crippen molar-refractivity contribution < 1.29 is 14.5 Å². The number of rotatable bonds is 5. The van der Waals surface area contributed by atoms with Gasteiger partial charge in [0, 0.05) is 25.1 Å². The minimum absolute atomic E-state index is 0.0724. The molecule has 1 N–H and O–H groups in total. The lowest BCUT2D eigenvalue weighted by atomic mass is 9.95. The predicted octanol–water partition coefficient (Wildman–Crippen LogP) is 1.52. The molecule has 1 fully saturated rings. The van der Waals surface area contributed by atoms with Crippen LogP contribution < -0.4 is 5.32 Å². The van der Waals surface area contributed by atoms with Crippen LogP contribution in [0.1, 0.15) is 24.5 Å². The second-order valence-corrected chi connectivity index (χ2v) is 5.44. The molecular formula is C16H19N3O4. The van der Waals surface area contributed by atoms with Crippen molar-refractivity contribution in [3.63, 3.8) is 0 Å². The zero-order chi connectivity index (χ0) is 17.1. The lowest BCUT2D eigenvalue weighted by molar-refractivity contribution is -0.385. The Kier molecular flexibility index (Phi) is 4.78. The molecule has 0 radical (unpaired) electrons. The van der Waals surface area contributed by atoms with Gasteiger partial charge < -0.3 is 10.2 Å². The molecule has 0 saturated carbocycles. The maximum atomic E-state index is 12.3. The predicted molar refractivity (Wildman–Crippen MR) is 85.7 cm³/mol. The molecule has 2 unspecified atom stereocenters. The smallest absolute Gasteiger partial charge is 0.273 e. The molecule has 0 aliphatic carbocycles. The maximum absolute atomic E-state index is 12.3. The fourth-order valence-electron chi connectivity index (χ4n) is 2.78. The Morgan fingerprint density at radius 3 is 2.70 bits per heavy atom. The van der Waals surface area contributed by atoms with Crippen LogP contribution in [0.15, 0.2) is 24.8 Å². The standard InChI is InChI=1S/C16H19N3O4/c1-4-10-7-6-8-13(19(22)23)11(10)9-14-15(20)17-12(5-2)16(21)18(14)3/h4,6-8,12,14H,1,5,9H2,2-3H3,(H,17,20). The second-order valence-electron chi connectivity index (χ2n) is 5.44. The molecule has 1 aliphatic heterocycles. The summed E-state index contributed by atoms with van der Waals surface area (Å²) < 4.78 is 0. The van der Waals surface area contributed by atoms with E-state index >= 15 is 0 Å². The first-order chi connectivity index (χ1) is 10.9. The Balaban J connectivity index is 2.39. The van der Waals surface area contributed by atoms with Crippen LogP contribution in [0.3, 0.4) is 0 Å². The molecule has 0 aromatic heterocycles. The average molecular weight is 317 g/mol. The summed E-state index contributed by atoms with van der Waals surface area (Å²) >= 11 is 0. The van der Waals surface area contributed by atoms with Gasteiger partial charge in [0.25, 0.3) is 5.69 Å². The van der Waals surface area contributed by atoms with Gasteiger partial charge in [-0.1, -0.05) is 31.7 Å². The fraction of sp³-hybridized carbons (Fsp3) is 0.375. The number of hydrogen-bond donors (Lipinski definition) is 1. The summed E-state index contributed by atoms with van der Waals surface area (Å²) in [6.45, 7) is 5.47. The number of carbonyl (C=O) groups is 2. The zero-order valence-electron chi connectivity index (χ0n) is 13.1. The van der Waals surface area contributed by atoms with Crippen LogP contribution in [-0.4, -0.2) is 40.8 Å². The number of hydrogen-bond acceptors (Lipinski definition) is 4. The van der Waals surface area contributed by atoms with E-state index in [-0.39, 0.29) is 23.9 Å². The Hall–Kier alpha value is -2.70. The third-order valence-corrected chi connectivity index (χ3v) is 4.14. The summed E-state index contributed by atoms with van der Waals surface area (Å²) in [5.41, 5.74) is 0.918. The lowest BCUT2D eigenvalue weighted by Gasteiger charge is -2.36. The molecule has 2 amide bonds. The molecule has 122 valence electrons. The monoisotopic (exact) mass is 317 g/mol. The molecule has 1 heterocycles. The van der Waals surface area contributed by atoms with E-state index in [0.717, 1.165) is 0 Å². The van der Waals surface area contributed by atoms with Gasteiger partial charge in [-0.15, -0.1) is 0 Å². The van der Waals surface area contributed by atoms with Gasteiger partial charge in [-0.05, 0) is 12.0 Å². The molecule has 1 aromatic rings. The zero-order valence-corrected chi connectivity index (χ0v) is 13.1. The van der Waals surface area contributed by atoms with Gasteiger partial charge in [0.15, 0.2) is 0 Å². The van der Waals surface area contributed by atoms with Gasteiger partial charge in [-0.3, -0.25) is 19.7 Å². The van der Waals surface area contributed by atoms with Gasteiger partial charge in [-0.2, -0.15) is 0 Å². The summed E-state index contributed by atoms with van der Waals surface area (Å²) in [5.74, 6) is -0.483. The summed E-state index contributed by atoms with van der Waals surface area (Å²) in [7, 11) is 1.55. The van der Waals surface area contributed by atoms with Gasteiger partial charge in [0.1, 0.15) is 12.1 Å². The molecule has 0 spiro atoms. The van der Waals surface area contributed by atoms with Gasteiger partial charge >= 0.3 is 0 Å². The van der Waals surface area contributed by atoms with E-state index in [1.807, 2.05) is 6.92 Å². The van der Waals surface area contributed by atoms with Crippen molar-refractivity contribution in [1.29, 1.82) is 0 Å². The SMILES string of the molecule is C=Cc1cccc([N+](=O)[O-])c1CC1C(=O)NC(CC)C(=O)N1C. The van der Waals surface area contributed by atoms with E-state index < -0.39 is 17.0 Å². The van der Waals surface area contributed by atoms with Crippen LogP contribution in [-0.2, 0) is 16.0 Å². The highest BCUT2D eigenvalue weighted by Gasteiger charge is 2.38. The number of likely N-dealkylation sites (N-methyl/N-ethyl adjacent to an activating group) is 1. The van der Waals surface area contributed by atoms with Gasteiger partial charge in [0.2, 0.25) is 11.8 Å². The van der Waals surface area contributed by atoms with Gasteiger partial charge in [-0.25, -0.2) is 0 Å². The maximum Gasteiger partial charge on any atom is 0.273 e. The lowest BCUT2D eigenvalue weighted by Crippen LogP contribution is -2.62. The number of nitrogens with zero attached hydrogens (tertiary/aromatic N) is 2. The van der Waals surface area contributed by atoms with E-state index in [1.54, 1.807) is 19.2 Å². The molecule has 7 heteroatoms. The number of carbonyl (C=O) groups excluding carboxylic acids is 2. The molecule has 1 aromatic carbocycles. The summed E-state index contributed by atoms with van der Waals surface area (Å²) in [6.07, 6.45) is 2.09. The van der Waals surface area contributed by atoms with Crippen LogP contribution in [0.5, 0.6) is 0 Å². The third kappa shape index (κ3) is 3.08. The van der Waals surface area contributed by atoms with E-state index in [9.17, 15) is 19.7 Å². The van der Waals surface area contributed by atoms with E-state index in [1.165, 1.54) is 17.0 Å².